The number of nitrogens with one attached hydrogen (secondary N) is 1. The molecule has 0 saturated carbocycles. The van der Waals surface area contributed by atoms with Crippen molar-refractivity contribution in [2.24, 2.45) is 0 Å². The van der Waals surface area contributed by atoms with Gasteiger partial charge in [0.2, 0.25) is 5.78 Å². The maximum atomic E-state index is 14.2. The largest absolute Gasteiger partial charge is 0.364 e. The Hall–Kier alpha value is -3.81. The summed E-state index contributed by atoms with van der Waals surface area (Å²) < 4.78 is 17.7. The number of fused-ring (bicyclic) bond motifs is 2. The number of hydrogen-bond donors (Lipinski definition) is 1. The van der Waals surface area contributed by atoms with E-state index in [2.05, 4.69) is 25.4 Å². The van der Waals surface area contributed by atoms with Crippen molar-refractivity contribution in [2.75, 3.05) is 5.32 Å². The van der Waals surface area contributed by atoms with Gasteiger partial charge in [-0.2, -0.15) is 9.61 Å². The van der Waals surface area contributed by atoms with Crippen molar-refractivity contribution in [1.82, 2.24) is 29.0 Å². The highest BCUT2D eigenvalue weighted by molar-refractivity contribution is 5.66. The van der Waals surface area contributed by atoms with Gasteiger partial charge in [0.15, 0.2) is 5.65 Å². The van der Waals surface area contributed by atoms with Gasteiger partial charge in [0, 0.05) is 36.3 Å². The molecular formula is C19H14FN7. The Labute approximate surface area is 153 Å². The van der Waals surface area contributed by atoms with Gasteiger partial charge in [-0.25, -0.2) is 19.3 Å². The van der Waals surface area contributed by atoms with Crippen molar-refractivity contribution in [1.29, 1.82) is 0 Å². The Kier molecular flexibility index (Phi) is 3.53. The van der Waals surface area contributed by atoms with Crippen LogP contribution in [0.2, 0.25) is 0 Å². The minimum Gasteiger partial charge on any atom is -0.364 e. The van der Waals surface area contributed by atoms with Crippen LogP contribution in [0.5, 0.6) is 0 Å². The molecule has 0 saturated heterocycles. The first kappa shape index (κ1) is 15.4. The van der Waals surface area contributed by atoms with Gasteiger partial charge in [-0.05, 0) is 18.2 Å². The summed E-state index contributed by atoms with van der Waals surface area (Å²) in [7, 11) is 0. The Bertz CT molecular complexity index is 1220. The molecule has 0 unspecified atom stereocenters. The Morgan fingerprint density at radius 3 is 2.85 bits per heavy atom. The van der Waals surface area contributed by atoms with E-state index in [4.69, 9.17) is 0 Å². The van der Waals surface area contributed by atoms with Crippen LogP contribution in [0.3, 0.4) is 0 Å². The number of benzene rings is 1. The second-order valence-corrected chi connectivity index (χ2v) is 6.02. The first-order valence-corrected chi connectivity index (χ1v) is 8.40. The van der Waals surface area contributed by atoms with E-state index in [1.165, 1.54) is 6.07 Å². The van der Waals surface area contributed by atoms with E-state index in [9.17, 15) is 4.39 Å². The number of halogens is 1. The molecule has 27 heavy (non-hydrogen) atoms. The van der Waals surface area contributed by atoms with Gasteiger partial charge in [0.05, 0.1) is 24.1 Å². The third-order valence-electron chi connectivity index (χ3n) is 4.25. The number of rotatable bonds is 4. The SMILES string of the molecule is Fc1ccccc1-c1cc(NCc2cn3cccnc3n2)n2nccc2n1. The monoisotopic (exact) mass is 359 g/mol. The van der Waals surface area contributed by atoms with Crippen LogP contribution in [0, 0.1) is 5.82 Å². The molecule has 0 aliphatic heterocycles. The fraction of sp³-hybridized carbons (Fsp3) is 0.0526. The van der Waals surface area contributed by atoms with Gasteiger partial charge >= 0.3 is 0 Å². The fourth-order valence-electron chi connectivity index (χ4n) is 2.99. The van der Waals surface area contributed by atoms with Crippen LogP contribution < -0.4 is 5.32 Å². The van der Waals surface area contributed by atoms with Gasteiger partial charge in [-0.1, -0.05) is 12.1 Å². The molecular weight excluding hydrogens is 345 g/mol. The summed E-state index contributed by atoms with van der Waals surface area (Å²) in [5.41, 5.74) is 2.45. The second kappa shape index (κ2) is 6.17. The summed E-state index contributed by atoms with van der Waals surface area (Å²) in [4.78, 5) is 13.2. The molecule has 5 rings (SSSR count). The molecule has 4 aromatic heterocycles. The van der Waals surface area contributed by atoms with Crippen molar-refractivity contribution in [3.8, 4) is 11.3 Å². The lowest BCUT2D eigenvalue weighted by Crippen LogP contribution is -2.07. The van der Waals surface area contributed by atoms with Crippen molar-refractivity contribution in [2.45, 2.75) is 6.54 Å². The average molecular weight is 359 g/mol. The summed E-state index contributed by atoms with van der Waals surface area (Å²) in [5.74, 6) is 1.03. The highest BCUT2D eigenvalue weighted by Gasteiger charge is 2.12. The normalized spacial score (nSPS) is 11.3. The summed E-state index contributed by atoms with van der Waals surface area (Å²) in [6, 6.07) is 12.0. The number of hydrogen-bond acceptors (Lipinski definition) is 5. The maximum absolute atomic E-state index is 14.2. The van der Waals surface area contributed by atoms with Gasteiger partial charge in [-0.15, -0.1) is 0 Å². The van der Waals surface area contributed by atoms with Gasteiger partial charge in [0.1, 0.15) is 11.6 Å². The minimum absolute atomic E-state index is 0.314. The summed E-state index contributed by atoms with van der Waals surface area (Å²) in [5, 5.41) is 7.61. The van der Waals surface area contributed by atoms with E-state index in [1.54, 1.807) is 47.2 Å². The Morgan fingerprint density at radius 1 is 1.04 bits per heavy atom. The molecule has 0 spiro atoms. The standard InChI is InChI=1S/C19H14FN7/c20-15-5-2-1-4-14(15)16-10-18(27-17(25-16)6-8-23-27)22-11-13-12-26-9-3-7-21-19(26)24-13/h1-10,12,22H,11H2. The van der Waals surface area contributed by atoms with Crippen LogP contribution in [-0.4, -0.2) is 29.0 Å². The molecule has 1 N–H and O–H groups in total. The molecule has 0 bridgehead atoms. The third-order valence-corrected chi connectivity index (χ3v) is 4.25. The highest BCUT2D eigenvalue weighted by Crippen LogP contribution is 2.24. The van der Waals surface area contributed by atoms with Crippen molar-refractivity contribution in [3.63, 3.8) is 0 Å². The predicted molar refractivity (Wildman–Crippen MR) is 98.7 cm³/mol. The molecule has 0 fully saturated rings. The van der Waals surface area contributed by atoms with Crippen LogP contribution in [0.25, 0.3) is 22.7 Å². The number of nitrogens with zero attached hydrogens (tertiary/aromatic N) is 6. The molecule has 8 heteroatoms. The molecule has 0 aliphatic rings. The number of aromatic nitrogens is 6. The molecule has 0 amide bonds. The van der Waals surface area contributed by atoms with E-state index < -0.39 is 0 Å². The number of anilines is 1. The second-order valence-electron chi connectivity index (χ2n) is 6.02. The van der Waals surface area contributed by atoms with Gasteiger partial charge in [-0.3, -0.25) is 4.40 Å². The highest BCUT2D eigenvalue weighted by atomic mass is 19.1. The lowest BCUT2D eigenvalue weighted by Gasteiger charge is -2.10. The van der Waals surface area contributed by atoms with Crippen LogP contribution in [-0.2, 0) is 6.54 Å². The number of imidazole rings is 1. The van der Waals surface area contributed by atoms with Crippen molar-refractivity contribution in [3.05, 3.63) is 78.8 Å². The van der Waals surface area contributed by atoms with Gasteiger partial charge < -0.3 is 5.32 Å². The zero-order chi connectivity index (χ0) is 18.2. The van der Waals surface area contributed by atoms with Crippen molar-refractivity contribution < 1.29 is 4.39 Å². The Morgan fingerprint density at radius 2 is 1.96 bits per heavy atom. The van der Waals surface area contributed by atoms with E-state index >= 15 is 0 Å². The molecule has 0 atom stereocenters. The van der Waals surface area contributed by atoms with E-state index in [0.717, 1.165) is 5.69 Å². The summed E-state index contributed by atoms with van der Waals surface area (Å²) in [6.07, 6.45) is 7.17. The lowest BCUT2D eigenvalue weighted by atomic mass is 10.1. The van der Waals surface area contributed by atoms with E-state index in [1.807, 2.05) is 22.9 Å². The quantitative estimate of drug-likeness (QED) is 0.534. The van der Waals surface area contributed by atoms with Crippen LogP contribution in [0.15, 0.2) is 67.3 Å². The minimum atomic E-state index is -0.314. The molecule has 7 nitrogen and oxygen atoms in total. The summed E-state index contributed by atoms with van der Waals surface area (Å²) in [6.45, 7) is 0.471. The van der Waals surface area contributed by atoms with Gasteiger partial charge in [0.25, 0.3) is 0 Å². The topological polar surface area (TPSA) is 72.4 Å². The molecule has 132 valence electrons. The molecule has 4 heterocycles. The predicted octanol–water partition coefficient (Wildman–Crippen LogP) is 3.19. The smallest absolute Gasteiger partial charge is 0.233 e. The lowest BCUT2D eigenvalue weighted by molar-refractivity contribution is 0.630. The van der Waals surface area contributed by atoms with E-state index in [0.29, 0.717) is 35.0 Å². The Balaban J connectivity index is 1.52. The molecule has 0 aliphatic carbocycles. The van der Waals surface area contributed by atoms with Crippen LogP contribution >= 0.6 is 0 Å². The summed E-state index contributed by atoms with van der Waals surface area (Å²) >= 11 is 0. The third kappa shape index (κ3) is 2.77. The molecule has 0 radical (unpaired) electrons. The maximum Gasteiger partial charge on any atom is 0.233 e. The van der Waals surface area contributed by atoms with Crippen LogP contribution in [0.4, 0.5) is 10.2 Å². The zero-order valence-corrected chi connectivity index (χ0v) is 14.1. The van der Waals surface area contributed by atoms with E-state index in [-0.39, 0.29) is 5.82 Å². The van der Waals surface area contributed by atoms with Crippen LogP contribution in [0.1, 0.15) is 5.69 Å². The average Bonchev–Trinajstić information content (AvgIpc) is 3.32. The zero-order valence-electron chi connectivity index (χ0n) is 14.1. The molecule has 5 aromatic rings. The van der Waals surface area contributed by atoms with Crippen molar-refractivity contribution >= 4 is 17.2 Å². The molecule has 1 aromatic carbocycles. The first-order valence-electron chi connectivity index (χ1n) is 8.40. The fourth-order valence-corrected chi connectivity index (χ4v) is 2.99. The first-order chi connectivity index (χ1) is 13.3.